The number of rotatable bonds is 1. The molecule has 0 radical (unpaired) electrons. The molecule has 2 nitrogen and oxygen atoms in total. The van der Waals surface area contributed by atoms with Crippen LogP contribution in [0.15, 0.2) is 24.3 Å². The Kier molecular flexibility index (Phi) is 3.75. The summed E-state index contributed by atoms with van der Waals surface area (Å²) in [6.07, 6.45) is 0. The highest BCUT2D eigenvalue weighted by molar-refractivity contribution is 5.72. The summed E-state index contributed by atoms with van der Waals surface area (Å²) in [5.41, 5.74) is 5.77. The lowest BCUT2D eigenvalue weighted by Gasteiger charge is -2.23. The number of phenols is 2. The van der Waals surface area contributed by atoms with Crippen molar-refractivity contribution in [1.82, 2.24) is 0 Å². The molecule has 0 aliphatic carbocycles. The monoisotopic (exact) mass is 284 g/mol. The number of hydrogen-bond acceptors (Lipinski definition) is 2. The first-order chi connectivity index (χ1) is 9.61. The molecule has 21 heavy (non-hydrogen) atoms. The van der Waals surface area contributed by atoms with Crippen molar-refractivity contribution in [3.05, 3.63) is 46.5 Å². The fourth-order valence-electron chi connectivity index (χ4n) is 2.72. The van der Waals surface area contributed by atoms with Gasteiger partial charge in [-0.1, -0.05) is 20.8 Å². The zero-order valence-electron chi connectivity index (χ0n) is 13.7. The molecule has 2 aromatic carbocycles. The molecule has 0 saturated heterocycles. The molecule has 0 amide bonds. The summed E-state index contributed by atoms with van der Waals surface area (Å²) in [6, 6.07) is 7.88. The molecule has 0 aliphatic rings. The lowest BCUT2D eigenvalue weighted by atomic mass is 9.83. The quantitative estimate of drug-likeness (QED) is 0.774. The van der Waals surface area contributed by atoms with Crippen LogP contribution in [0.5, 0.6) is 11.5 Å². The third-order valence-electron chi connectivity index (χ3n) is 3.95. The van der Waals surface area contributed by atoms with E-state index in [9.17, 15) is 10.2 Å². The average molecular weight is 284 g/mol. The molecule has 0 aliphatic heterocycles. The van der Waals surface area contributed by atoms with Gasteiger partial charge in [0, 0.05) is 0 Å². The van der Waals surface area contributed by atoms with Crippen molar-refractivity contribution in [2.75, 3.05) is 0 Å². The number of phenolic OH excluding ortho intramolecular Hbond substituents is 2. The van der Waals surface area contributed by atoms with Crippen molar-refractivity contribution in [3.8, 4) is 22.6 Å². The molecule has 2 N–H and O–H groups in total. The third-order valence-corrected chi connectivity index (χ3v) is 3.95. The largest absolute Gasteiger partial charge is 0.508 e. The van der Waals surface area contributed by atoms with Crippen molar-refractivity contribution in [3.63, 3.8) is 0 Å². The van der Waals surface area contributed by atoms with E-state index in [4.69, 9.17) is 0 Å². The van der Waals surface area contributed by atoms with Gasteiger partial charge in [0.15, 0.2) is 0 Å². The summed E-state index contributed by atoms with van der Waals surface area (Å²) < 4.78 is 0. The summed E-state index contributed by atoms with van der Waals surface area (Å²) in [6.45, 7) is 12.1. The highest BCUT2D eigenvalue weighted by atomic mass is 16.3. The normalized spacial score (nSPS) is 11.7. The van der Waals surface area contributed by atoms with Crippen LogP contribution in [0.25, 0.3) is 11.1 Å². The van der Waals surface area contributed by atoms with Gasteiger partial charge >= 0.3 is 0 Å². The second-order valence-corrected chi connectivity index (χ2v) is 6.89. The molecular formula is C19H24O2. The Bertz CT molecular complexity index is 668. The van der Waals surface area contributed by atoms with Crippen LogP contribution in [0.4, 0.5) is 0 Å². The van der Waals surface area contributed by atoms with Crippen molar-refractivity contribution in [2.45, 2.75) is 47.0 Å². The highest BCUT2D eigenvalue weighted by Crippen LogP contribution is 2.38. The summed E-state index contributed by atoms with van der Waals surface area (Å²) in [4.78, 5) is 0. The molecule has 112 valence electrons. The molecular weight excluding hydrogens is 260 g/mol. The first kappa shape index (κ1) is 15.4. The van der Waals surface area contributed by atoms with Crippen LogP contribution in [0.1, 0.15) is 43.0 Å². The van der Waals surface area contributed by atoms with E-state index in [0.717, 1.165) is 33.4 Å². The van der Waals surface area contributed by atoms with E-state index in [1.54, 1.807) is 0 Å². The van der Waals surface area contributed by atoms with Crippen LogP contribution in [-0.2, 0) is 5.41 Å². The molecule has 0 atom stereocenters. The third kappa shape index (κ3) is 2.90. The van der Waals surface area contributed by atoms with Gasteiger partial charge in [-0.15, -0.1) is 0 Å². The van der Waals surface area contributed by atoms with Gasteiger partial charge in [0.1, 0.15) is 11.5 Å². The number of hydrogen-bond donors (Lipinski definition) is 2. The van der Waals surface area contributed by atoms with Gasteiger partial charge in [-0.3, -0.25) is 0 Å². The van der Waals surface area contributed by atoms with Gasteiger partial charge in [0.2, 0.25) is 0 Å². The highest BCUT2D eigenvalue weighted by Gasteiger charge is 2.20. The van der Waals surface area contributed by atoms with Crippen molar-refractivity contribution in [1.29, 1.82) is 0 Å². The topological polar surface area (TPSA) is 40.5 Å². The molecule has 2 rings (SSSR count). The van der Waals surface area contributed by atoms with E-state index >= 15 is 0 Å². The van der Waals surface area contributed by atoms with E-state index in [1.165, 1.54) is 0 Å². The van der Waals surface area contributed by atoms with Crippen molar-refractivity contribution < 1.29 is 10.2 Å². The lowest BCUT2D eigenvalue weighted by molar-refractivity contribution is 0.446. The number of benzene rings is 2. The number of aryl methyl sites for hydroxylation is 3. The molecule has 0 spiro atoms. The predicted octanol–water partition coefficient (Wildman–Crippen LogP) is 4.99. The standard InChI is InChI=1S/C19H24O2/c1-11-9-17(20)16(19(4,5)6)10-15(11)14-7-12(2)18(21)13(3)8-14/h7-10,20-21H,1-6H3. The maximum absolute atomic E-state index is 10.2. The maximum atomic E-state index is 10.2. The Balaban J connectivity index is 2.70. The Morgan fingerprint density at radius 3 is 1.76 bits per heavy atom. The van der Waals surface area contributed by atoms with Crippen LogP contribution < -0.4 is 0 Å². The summed E-state index contributed by atoms with van der Waals surface area (Å²) in [5.74, 6) is 0.696. The SMILES string of the molecule is Cc1cc(O)c(C(C)(C)C)cc1-c1cc(C)c(O)c(C)c1. The van der Waals surface area contributed by atoms with Gasteiger partial charge in [0.05, 0.1) is 0 Å². The van der Waals surface area contributed by atoms with Gasteiger partial charge in [-0.2, -0.15) is 0 Å². The summed E-state index contributed by atoms with van der Waals surface area (Å²) in [5, 5.41) is 20.1. The molecule has 0 aromatic heterocycles. The second-order valence-electron chi connectivity index (χ2n) is 6.89. The summed E-state index contributed by atoms with van der Waals surface area (Å²) in [7, 11) is 0. The Hall–Kier alpha value is -1.96. The fourth-order valence-corrected chi connectivity index (χ4v) is 2.72. The minimum atomic E-state index is -0.118. The Morgan fingerprint density at radius 2 is 1.29 bits per heavy atom. The van der Waals surface area contributed by atoms with Gasteiger partial charge in [0.25, 0.3) is 0 Å². The van der Waals surface area contributed by atoms with Crippen LogP contribution in [0.3, 0.4) is 0 Å². The minimum absolute atomic E-state index is 0.118. The molecule has 2 heteroatoms. The molecule has 0 fully saturated rings. The van der Waals surface area contributed by atoms with Gasteiger partial charge in [-0.05, 0) is 83.8 Å². The van der Waals surface area contributed by atoms with Crippen molar-refractivity contribution >= 4 is 0 Å². The first-order valence-electron chi connectivity index (χ1n) is 7.26. The van der Waals surface area contributed by atoms with E-state index < -0.39 is 0 Å². The van der Waals surface area contributed by atoms with E-state index in [1.807, 2.05) is 39.0 Å². The summed E-state index contributed by atoms with van der Waals surface area (Å²) >= 11 is 0. The van der Waals surface area contributed by atoms with E-state index in [-0.39, 0.29) is 5.41 Å². The Morgan fingerprint density at radius 1 is 0.762 bits per heavy atom. The maximum Gasteiger partial charge on any atom is 0.121 e. The first-order valence-corrected chi connectivity index (χ1v) is 7.26. The molecule has 0 bridgehead atoms. The van der Waals surface area contributed by atoms with Crippen LogP contribution in [-0.4, -0.2) is 10.2 Å². The van der Waals surface area contributed by atoms with Crippen LogP contribution >= 0.6 is 0 Å². The zero-order chi connectivity index (χ0) is 15.9. The zero-order valence-corrected chi connectivity index (χ0v) is 13.7. The molecule has 0 unspecified atom stereocenters. The number of aromatic hydroxyl groups is 2. The Labute approximate surface area is 127 Å². The predicted molar refractivity (Wildman–Crippen MR) is 88.1 cm³/mol. The smallest absolute Gasteiger partial charge is 0.121 e. The van der Waals surface area contributed by atoms with Crippen LogP contribution in [0.2, 0.25) is 0 Å². The minimum Gasteiger partial charge on any atom is -0.508 e. The molecule has 0 heterocycles. The molecule has 2 aromatic rings. The fraction of sp³-hybridized carbons (Fsp3) is 0.368. The van der Waals surface area contributed by atoms with Gasteiger partial charge < -0.3 is 10.2 Å². The second kappa shape index (κ2) is 5.10. The van der Waals surface area contributed by atoms with Crippen LogP contribution in [0, 0.1) is 20.8 Å². The van der Waals surface area contributed by atoms with Gasteiger partial charge in [-0.25, -0.2) is 0 Å². The van der Waals surface area contributed by atoms with E-state index in [0.29, 0.717) is 11.5 Å². The molecule has 0 saturated carbocycles. The van der Waals surface area contributed by atoms with E-state index in [2.05, 4.69) is 26.8 Å². The average Bonchev–Trinajstić information content (AvgIpc) is 2.33. The van der Waals surface area contributed by atoms with Crippen molar-refractivity contribution in [2.24, 2.45) is 0 Å². The lowest BCUT2D eigenvalue weighted by Crippen LogP contribution is -2.11.